The third-order valence-corrected chi connectivity index (χ3v) is 5.54. The standard InChI is InChI=1S/C12H23N3O3S2/c1-20(17,18)14-10-2-5-15(6-3-10)12(16)8-11-9-19-7-4-13-11/h10-11,13-14H,2-9H2,1H3. The molecule has 2 aliphatic heterocycles. The highest BCUT2D eigenvalue weighted by molar-refractivity contribution is 7.99. The number of amides is 1. The molecule has 2 rings (SSSR count). The third-order valence-electron chi connectivity index (χ3n) is 3.65. The number of carbonyl (C=O) groups is 1. The van der Waals surface area contributed by atoms with Crippen LogP contribution in [0.3, 0.4) is 0 Å². The minimum absolute atomic E-state index is 0.0302. The lowest BCUT2D eigenvalue weighted by atomic mass is 10.1. The Hall–Kier alpha value is -0.310. The van der Waals surface area contributed by atoms with E-state index < -0.39 is 10.0 Å². The maximum absolute atomic E-state index is 12.2. The fourth-order valence-electron chi connectivity index (χ4n) is 2.64. The van der Waals surface area contributed by atoms with Gasteiger partial charge in [0.05, 0.1) is 6.26 Å². The summed E-state index contributed by atoms with van der Waals surface area (Å²) < 4.78 is 25.0. The summed E-state index contributed by atoms with van der Waals surface area (Å²) >= 11 is 1.89. The first-order chi connectivity index (χ1) is 9.44. The molecule has 0 spiro atoms. The molecule has 0 radical (unpaired) electrons. The van der Waals surface area contributed by atoms with Gasteiger partial charge in [-0.25, -0.2) is 13.1 Å². The number of rotatable bonds is 4. The minimum atomic E-state index is -3.15. The van der Waals surface area contributed by atoms with E-state index in [-0.39, 0.29) is 18.0 Å². The highest BCUT2D eigenvalue weighted by Gasteiger charge is 2.26. The molecule has 2 N–H and O–H groups in total. The summed E-state index contributed by atoms with van der Waals surface area (Å²) in [4.78, 5) is 14.1. The molecule has 1 atom stereocenters. The van der Waals surface area contributed by atoms with Crippen molar-refractivity contribution in [2.45, 2.75) is 31.3 Å². The maximum atomic E-state index is 12.2. The minimum Gasteiger partial charge on any atom is -0.343 e. The van der Waals surface area contributed by atoms with Crippen LogP contribution < -0.4 is 10.0 Å². The van der Waals surface area contributed by atoms with Crippen molar-refractivity contribution < 1.29 is 13.2 Å². The molecule has 2 fully saturated rings. The van der Waals surface area contributed by atoms with E-state index in [1.165, 1.54) is 6.26 Å². The molecule has 1 unspecified atom stereocenters. The molecule has 8 heteroatoms. The van der Waals surface area contributed by atoms with Crippen molar-refractivity contribution in [3.8, 4) is 0 Å². The van der Waals surface area contributed by atoms with Gasteiger partial charge in [-0.05, 0) is 12.8 Å². The number of piperidine rings is 1. The van der Waals surface area contributed by atoms with E-state index in [0.29, 0.717) is 32.4 Å². The summed E-state index contributed by atoms with van der Waals surface area (Å²) in [6.07, 6.45) is 3.13. The molecule has 6 nitrogen and oxygen atoms in total. The average molecular weight is 321 g/mol. The van der Waals surface area contributed by atoms with Gasteiger partial charge in [0, 0.05) is 49.6 Å². The number of hydrogen-bond acceptors (Lipinski definition) is 5. The van der Waals surface area contributed by atoms with Gasteiger partial charge in [0.25, 0.3) is 0 Å². The van der Waals surface area contributed by atoms with E-state index in [4.69, 9.17) is 0 Å². The second-order valence-corrected chi connectivity index (χ2v) is 8.41. The first-order valence-electron chi connectivity index (χ1n) is 7.00. The lowest BCUT2D eigenvalue weighted by Crippen LogP contribution is -2.48. The van der Waals surface area contributed by atoms with Gasteiger partial charge in [0.15, 0.2) is 0 Å². The quantitative estimate of drug-likeness (QED) is 0.738. The van der Waals surface area contributed by atoms with Crippen molar-refractivity contribution in [1.82, 2.24) is 14.9 Å². The van der Waals surface area contributed by atoms with E-state index in [2.05, 4.69) is 10.0 Å². The Balaban J connectivity index is 1.74. The number of thioether (sulfide) groups is 1. The van der Waals surface area contributed by atoms with Gasteiger partial charge in [-0.3, -0.25) is 4.79 Å². The number of hydrogen-bond donors (Lipinski definition) is 2. The molecular weight excluding hydrogens is 298 g/mol. The second-order valence-electron chi connectivity index (χ2n) is 5.48. The molecule has 20 heavy (non-hydrogen) atoms. The van der Waals surface area contributed by atoms with Crippen molar-refractivity contribution in [3.05, 3.63) is 0 Å². The van der Waals surface area contributed by atoms with Crippen molar-refractivity contribution in [2.75, 3.05) is 37.4 Å². The summed E-state index contributed by atoms with van der Waals surface area (Å²) in [7, 11) is -3.15. The predicted octanol–water partition coefficient (Wildman–Crippen LogP) is -0.378. The monoisotopic (exact) mass is 321 g/mol. The summed E-state index contributed by atoms with van der Waals surface area (Å²) in [6, 6.07) is 0.255. The van der Waals surface area contributed by atoms with Crippen molar-refractivity contribution in [2.24, 2.45) is 0 Å². The molecule has 0 saturated carbocycles. The van der Waals surface area contributed by atoms with Gasteiger partial charge in [-0.2, -0.15) is 11.8 Å². The van der Waals surface area contributed by atoms with Gasteiger partial charge in [-0.1, -0.05) is 0 Å². The van der Waals surface area contributed by atoms with Crippen LogP contribution >= 0.6 is 11.8 Å². The SMILES string of the molecule is CS(=O)(=O)NC1CCN(C(=O)CC2CSCCN2)CC1. The lowest BCUT2D eigenvalue weighted by Gasteiger charge is -2.33. The Morgan fingerprint density at radius 2 is 2.10 bits per heavy atom. The van der Waals surface area contributed by atoms with Crippen LogP contribution in [-0.2, 0) is 14.8 Å². The predicted molar refractivity (Wildman–Crippen MR) is 81.3 cm³/mol. The Bertz CT molecular complexity index is 427. The van der Waals surface area contributed by atoms with Crippen LogP contribution in [0, 0.1) is 0 Å². The van der Waals surface area contributed by atoms with Gasteiger partial charge in [0.1, 0.15) is 0 Å². The Morgan fingerprint density at radius 3 is 2.65 bits per heavy atom. The second kappa shape index (κ2) is 7.11. The largest absolute Gasteiger partial charge is 0.343 e. The normalized spacial score (nSPS) is 25.6. The van der Waals surface area contributed by atoms with Crippen LogP contribution in [0.15, 0.2) is 0 Å². The summed E-state index contributed by atoms with van der Waals surface area (Å²) in [5, 5.41) is 3.37. The highest BCUT2D eigenvalue weighted by Crippen LogP contribution is 2.15. The Kier molecular flexibility index (Phi) is 5.71. The Morgan fingerprint density at radius 1 is 1.40 bits per heavy atom. The number of nitrogens with one attached hydrogen (secondary N) is 2. The first-order valence-corrected chi connectivity index (χ1v) is 10.0. The van der Waals surface area contributed by atoms with E-state index >= 15 is 0 Å². The molecular formula is C12H23N3O3S2. The van der Waals surface area contributed by atoms with Crippen LogP contribution in [0.2, 0.25) is 0 Å². The van der Waals surface area contributed by atoms with Gasteiger partial charge >= 0.3 is 0 Å². The van der Waals surface area contributed by atoms with Crippen LogP contribution in [0.5, 0.6) is 0 Å². The van der Waals surface area contributed by atoms with Gasteiger partial charge < -0.3 is 10.2 Å². The molecule has 0 aromatic heterocycles. The van der Waals surface area contributed by atoms with Crippen LogP contribution in [-0.4, -0.2) is 68.7 Å². The van der Waals surface area contributed by atoms with E-state index in [9.17, 15) is 13.2 Å². The van der Waals surface area contributed by atoms with E-state index in [1.54, 1.807) is 0 Å². The number of likely N-dealkylation sites (tertiary alicyclic amines) is 1. The smallest absolute Gasteiger partial charge is 0.224 e. The molecule has 116 valence electrons. The molecule has 2 aliphatic rings. The zero-order chi connectivity index (χ0) is 14.6. The molecule has 0 aromatic rings. The fraction of sp³-hybridized carbons (Fsp3) is 0.917. The Labute approximate surface area is 125 Å². The van der Waals surface area contributed by atoms with Crippen molar-refractivity contribution in [1.29, 1.82) is 0 Å². The topological polar surface area (TPSA) is 78.5 Å². The van der Waals surface area contributed by atoms with Crippen LogP contribution in [0.4, 0.5) is 0 Å². The van der Waals surface area contributed by atoms with E-state index in [0.717, 1.165) is 18.1 Å². The maximum Gasteiger partial charge on any atom is 0.224 e. The summed E-state index contributed by atoms with van der Waals surface area (Å²) in [5.41, 5.74) is 0. The third kappa shape index (κ3) is 5.23. The molecule has 2 heterocycles. The number of carbonyl (C=O) groups excluding carboxylic acids is 1. The molecule has 0 aliphatic carbocycles. The molecule has 2 saturated heterocycles. The number of nitrogens with zero attached hydrogens (tertiary/aromatic N) is 1. The average Bonchev–Trinajstić information content (AvgIpc) is 2.39. The van der Waals surface area contributed by atoms with Crippen LogP contribution in [0.1, 0.15) is 19.3 Å². The van der Waals surface area contributed by atoms with Gasteiger partial charge in [-0.15, -0.1) is 0 Å². The molecule has 1 amide bonds. The van der Waals surface area contributed by atoms with Gasteiger partial charge in [0.2, 0.25) is 15.9 Å². The summed E-state index contributed by atoms with van der Waals surface area (Å²) in [6.45, 7) is 2.26. The summed E-state index contributed by atoms with van der Waals surface area (Å²) in [5.74, 6) is 2.30. The van der Waals surface area contributed by atoms with E-state index in [1.807, 2.05) is 16.7 Å². The highest BCUT2D eigenvalue weighted by atomic mass is 32.2. The lowest BCUT2D eigenvalue weighted by molar-refractivity contribution is -0.132. The number of sulfonamides is 1. The zero-order valence-corrected chi connectivity index (χ0v) is 13.4. The van der Waals surface area contributed by atoms with Crippen LogP contribution in [0.25, 0.3) is 0 Å². The van der Waals surface area contributed by atoms with Crippen molar-refractivity contribution in [3.63, 3.8) is 0 Å². The van der Waals surface area contributed by atoms with Crippen molar-refractivity contribution >= 4 is 27.7 Å². The fourth-order valence-corrected chi connectivity index (χ4v) is 4.43. The molecule has 0 aromatic carbocycles. The zero-order valence-electron chi connectivity index (χ0n) is 11.8. The molecule has 0 bridgehead atoms. The first kappa shape index (κ1) is 16.1.